The Kier molecular flexibility index (Phi) is 5.46. The van der Waals surface area contributed by atoms with Crippen molar-refractivity contribution in [1.29, 1.82) is 0 Å². The molecule has 3 rings (SSSR count). The molecule has 1 amide bonds. The summed E-state index contributed by atoms with van der Waals surface area (Å²) in [4.78, 5) is 23.0. The summed E-state index contributed by atoms with van der Waals surface area (Å²) in [7, 11) is -3.06. The molecule has 2 aromatic rings. The third-order valence-electron chi connectivity index (χ3n) is 4.89. The second-order valence-electron chi connectivity index (χ2n) is 6.84. The van der Waals surface area contributed by atoms with Crippen LogP contribution in [0.4, 0.5) is 11.6 Å². The van der Waals surface area contributed by atoms with Gasteiger partial charge in [0.25, 0.3) is 5.91 Å². The van der Waals surface area contributed by atoms with Gasteiger partial charge in [-0.1, -0.05) is 6.07 Å². The second kappa shape index (κ2) is 7.64. The first-order valence-electron chi connectivity index (χ1n) is 8.98. The Morgan fingerprint density at radius 1 is 1.26 bits per heavy atom. The van der Waals surface area contributed by atoms with Crippen LogP contribution in [-0.2, 0) is 9.84 Å². The molecule has 0 saturated carbocycles. The third kappa shape index (κ3) is 4.44. The molecule has 0 spiro atoms. The van der Waals surface area contributed by atoms with Crippen molar-refractivity contribution in [2.24, 2.45) is 0 Å². The number of nitrogens with one attached hydrogen (secondary N) is 1. The summed E-state index contributed by atoms with van der Waals surface area (Å²) in [6.45, 7) is 6.34. The summed E-state index contributed by atoms with van der Waals surface area (Å²) in [6, 6.07) is 7.20. The van der Waals surface area contributed by atoms with Crippen molar-refractivity contribution in [2.45, 2.75) is 33.2 Å². The Morgan fingerprint density at radius 2 is 2.04 bits per heavy atom. The lowest BCUT2D eigenvalue weighted by atomic mass is 10.1. The Balaban J connectivity index is 1.79. The predicted octanol–water partition coefficient (Wildman–Crippen LogP) is 2.49. The molecule has 1 atom stereocenters. The lowest BCUT2D eigenvalue weighted by molar-refractivity contribution is 0.0702. The van der Waals surface area contributed by atoms with Crippen LogP contribution >= 0.6 is 0 Å². The van der Waals surface area contributed by atoms with Crippen molar-refractivity contribution in [1.82, 2.24) is 14.9 Å². The SMILES string of the molecule is CCN(C(=O)c1ccnc(Nc2ccc(C)c(C)c2)n1)C1CCS(=O)(=O)C1. The Hall–Kier alpha value is -2.48. The van der Waals surface area contributed by atoms with Crippen LogP contribution in [-0.4, -0.2) is 53.3 Å². The number of aryl methyl sites for hydroxylation is 2. The molecule has 1 aliphatic rings. The topological polar surface area (TPSA) is 92.3 Å². The molecule has 1 N–H and O–H groups in total. The van der Waals surface area contributed by atoms with E-state index in [-0.39, 0.29) is 29.1 Å². The predicted molar refractivity (Wildman–Crippen MR) is 105 cm³/mol. The molecule has 7 nitrogen and oxygen atoms in total. The summed E-state index contributed by atoms with van der Waals surface area (Å²) in [5, 5.41) is 3.12. The zero-order valence-electron chi connectivity index (χ0n) is 15.8. The van der Waals surface area contributed by atoms with Gasteiger partial charge in [0.15, 0.2) is 9.84 Å². The maximum atomic E-state index is 12.9. The van der Waals surface area contributed by atoms with Gasteiger partial charge in [-0.15, -0.1) is 0 Å². The molecular weight excluding hydrogens is 364 g/mol. The van der Waals surface area contributed by atoms with E-state index in [0.29, 0.717) is 18.9 Å². The van der Waals surface area contributed by atoms with Crippen molar-refractivity contribution in [3.63, 3.8) is 0 Å². The molecule has 1 aromatic heterocycles. The largest absolute Gasteiger partial charge is 0.334 e. The van der Waals surface area contributed by atoms with Crippen molar-refractivity contribution in [3.05, 3.63) is 47.3 Å². The average Bonchev–Trinajstić information content (AvgIpc) is 2.98. The van der Waals surface area contributed by atoms with Gasteiger partial charge in [-0.2, -0.15) is 0 Å². The summed E-state index contributed by atoms with van der Waals surface area (Å²) in [5.74, 6) is 0.209. The summed E-state index contributed by atoms with van der Waals surface area (Å²) >= 11 is 0. The van der Waals surface area contributed by atoms with E-state index < -0.39 is 9.84 Å². The molecule has 2 heterocycles. The Bertz CT molecular complexity index is 959. The molecular formula is C19H24N4O3S. The highest BCUT2D eigenvalue weighted by molar-refractivity contribution is 7.91. The van der Waals surface area contributed by atoms with E-state index in [1.165, 1.54) is 11.8 Å². The van der Waals surface area contributed by atoms with Gasteiger partial charge in [-0.25, -0.2) is 18.4 Å². The second-order valence-corrected chi connectivity index (χ2v) is 9.07. The maximum Gasteiger partial charge on any atom is 0.272 e. The minimum Gasteiger partial charge on any atom is -0.334 e. The van der Waals surface area contributed by atoms with Gasteiger partial charge >= 0.3 is 0 Å². The Labute approximate surface area is 159 Å². The van der Waals surface area contributed by atoms with Gasteiger partial charge in [0.2, 0.25) is 5.95 Å². The fraction of sp³-hybridized carbons (Fsp3) is 0.421. The van der Waals surface area contributed by atoms with Gasteiger partial charge in [0.05, 0.1) is 11.5 Å². The molecule has 1 fully saturated rings. The lowest BCUT2D eigenvalue weighted by Crippen LogP contribution is -2.41. The third-order valence-corrected chi connectivity index (χ3v) is 6.64. The smallest absolute Gasteiger partial charge is 0.272 e. The number of carbonyl (C=O) groups excluding carboxylic acids is 1. The van der Waals surface area contributed by atoms with Crippen LogP contribution in [0.2, 0.25) is 0 Å². The fourth-order valence-corrected chi connectivity index (χ4v) is 4.95. The molecule has 0 radical (unpaired) electrons. The van der Waals surface area contributed by atoms with Gasteiger partial charge in [-0.05, 0) is 56.5 Å². The first kappa shape index (κ1) is 19.3. The van der Waals surface area contributed by atoms with Crippen molar-refractivity contribution in [3.8, 4) is 0 Å². The molecule has 1 aliphatic heterocycles. The first-order valence-corrected chi connectivity index (χ1v) is 10.8. The van der Waals surface area contributed by atoms with E-state index in [1.54, 1.807) is 11.0 Å². The van der Waals surface area contributed by atoms with E-state index in [1.807, 2.05) is 39.0 Å². The molecule has 0 aliphatic carbocycles. The first-order chi connectivity index (χ1) is 12.8. The van der Waals surface area contributed by atoms with Crippen molar-refractivity contribution < 1.29 is 13.2 Å². The fourth-order valence-electron chi connectivity index (χ4n) is 3.22. The van der Waals surface area contributed by atoms with E-state index in [9.17, 15) is 13.2 Å². The van der Waals surface area contributed by atoms with Crippen LogP contribution < -0.4 is 5.32 Å². The molecule has 144 valence electrons. The minimum absolute atomic E-state index is 0.0193. The molecule has 1 unspecified atom stereocenters. The number of anilines is 2. The molecule has 8 heteroatoms. The average molecular weight is 388 g/mol. The highest BCUT2D eigenvalue weighted by Crippen LogP contribution is 2.21. The molecule has 0 bridgehead atoms. The van der Waals surface area contributed by atoms with E-state index in [0.717, 1.165) is 11.3 Å². The van der Waals surface area contributed by atoms with Crippen LogP contribution in [0.25, 0.3) is 0 Å². The lowest BCUT2D eigenvalue weighted by Gasteiger charge is -2.26. The monoisotopic (exact) mass is 388 g/mol. The summed E-state index contributed by atoms with van der Waals surface area (Å²) in [5.41, 5.74) is 3.43. The van der Waals surface area contributed by atoms with E-state index in [4.69, 9.17) is 0 Å². The van der Waals surface area contributed by atoms with Gasteiger partial charge in [0, 0.05) is 24.5 Å². The summed E-state index contributed by atoms with van der Waals surface area (Å²) in [6.07, 6.45) is 2.00. The van der Waals surface area contributed by atoms with E-state index >= 15 is 0 Å². The van der Waals surface area contributed by atoms with Crippen LogP contribution in [0.15, 0.2) is 30.5 Å². The maximum absolute atomic E-state index is 12.9. The van der Waals surface area contributed by atoms with Crippen LogP contribution in [0, 0.1) is 13.8 Å². The van der Waals surface area contributed by atoms with Gasteiger partial charge < -0.3 is 10.2 Å². The summed E-state index contributed by atoms with van der Waals surface area (Å²) < 4.78 is 23.5. The number of sulfone groups is 1. The zero-order valence-corrected chi connectivity index (χ0v) is 16.6. The quantitative estimate of drug-likeness (QED) is 0.846. The molecule has 1 aromatic carbocycles. The van der Waals surface area contributed by atoms with Crippen LogP contribution in [0.1, 0.15) is 35.0 Å². The number of nitrogens with zero attached hydrogens (tertiary/aromatic N) is 3. The number of hydrogen-bond donors (Lipinski definition) is 1. The number of carbonyl (C=O) groups is 1. The number of benzene rings is 1. The molecule has 1 saturated heterocycles. The standard InChI is InChI=1S/C19H24N4O3S/c1-4-23(16-8-10-27(25,26)12-16)18(24)17-7-9-20-19(22-17)21-15-6-5-13(2)14(3)11-15/h5-7,9,11,16H,4,8,10,12H2,1-3H3,(H,20,21,22). The van der Waals surface area contributed by atoms with Gasteiger partial charge in [0.1, 0.15) is 5.69 Å². The Morgan fingerprint density at radius 3 is 2.67 bits per heavy atom. The van der Waals surface area contributed by atoms with Crippen molar-refractivity contribution >= 4 is 27.4 Å². The normalized spacial score (nSPS) is 18.3. The number of hydrogen-bond acceptors (Lipinski definition) is 6. The van der Waals surface area contributed by atoms with Crippen molar-refractivity contribution in [2.75, 3.05) is 23.4 Å². The highest BCUT2D eigenvalue weighted by atomic mass is 32.2. The number of aromatic nitrogens is 2. The number of amides is 1. The van der Waals surface area contributed by atoms with Crippen LogP contribution in [0.5, 0.6) is 0 Å². The van der Waals surface area contributed by atoms with E-state index in [2.05, 4.69) is 15.3 Å². The zero-order chi connectivity index (χ0) is 19.6. The van der Waals surface area contributed by atoms with Crippen LogP contribution in [0.3, 0.4) is 0 Å². The minimum atomic E-state index is -3.06. The number of rotatable bonds is 5. The van der Waals surface area contributed by atoms with Gasteiger partial charge in [-0.3, -0.25) is 4.79 Å². The highest BCUT2D eigenvalue weighted by Gasteiger charge is 2.34. The molecule has 27 heavy (non-hydrogen) atoms.